The molecule has 0 bridgehead atoms. The summed E-state index contributed by atoms with van der Waals surface area (Å²) < 4.78 is 85.7. The first-order valence-electron chi connectivity index (χ1n) is 14.5. The highest BCUT2D eigenvalue weighted by Gasteiger charge is 2.37. The smallest absolute Gasteiger partial charge is 0.243 e. The van der Waals surface area contributed by atoms with Gasteiger partial charge < -0.3 is 10.6 Å². The van der Waals surface area contributed by atoms with E-state index >= 15 is 4.39 Å². The Kier molecular flexibility index (Phi) is 9.96. The average molecular weight is 641 g/mol. The maximum Gasteiger partial charge on any atom is 0.243 e. The maximum atomic E-state index is 15.2. The molecule has 1 fully saturated rings. The minimum atomic E-state index is -3.84. The van der Waals surface area contributed by atoms with Crippen molar-refractivity contribution in [1.29, 1.82) is 0 Å². The molecule has 3 atom stereocenters. The highest BCUT2D eigenvalue weighted by molar-refractivity contribution is 7.89. The second-order valence-electron chi connectivity index (χ2n) is 11.1. The molecule has 7 nitrogen and oxygen atoms in total. The van der Waals surface area contributed by atoms with Gasteiger partial charge in [-0.15, -0.1) is 0 Å². The van der Waals surface area contributed by atoms with E-state index in [0.29, 0.717) is 24.7 Å². The number of piperazine rings is 1. The molecule has 4 aromatic rings. The molecule has 1 amide bonds. The van der Waals surface area contributed by atoms with Gasteiger partial charge in [-0.25, -0.2) is 26.0 Å². The summed E-state index contributed by atoms with van der Waals surface area (Å²) in [4.78, 5) is 17.4. The van der Waals surface area contributed by atoms with Crippen molar-refractivity contribution in [2.75, 3.05) is 18.4 Å². The van der Waals surface area contributed by atoms with E-state index in [4.69, 9.17) is 0 Å². The van der Waals surface area contributed by atoms with Gasteiger partial charge in [-0.3, -0.25) is 9.78 Å². The van der Waals surface area contributed by atoms with Crippen LogP contribution in [0.2, 0.25) is 0 Å². The molecule has 236 valence electrons. The monoisotopic (exact) mass is 640 g/mol. The Morgan fingerprint density at radius 3 is 2.31 bits per heavy atom. The lowest BCUT2D eigenvalue weighted by Crippen LogP contribution is -2.58. The summed E-state index contributed by atoms with van der Waals surface area (Å²) in [5, 5.41) is 5.92. The van der Waals surface area contributed by atoms with E-state index in [1.165, 1.54) is 46.9 Å². The van der Waals surface area contributed by atoms with Gasteiger partial charge in [0.15, 0.2) is 0 Å². The lowest BCUT2D eigenvalue weighted by atomic mass is 9.88. The zero-order chi connectivity index (χ0) is 32.1. The van der Waals surface area contributed by atoms with E-state index in [-0.39, 0.29) is 47.0 Å². The highest BCUT2D eigenvalue weighted by atomic mass is 32.2. The molecule has 1 saturated heterocycles. The van der Waals surface area contributed by atoms with Crippen molar-refractivity contribution in [1.82, 2.24) is 14.6 Å². The highest BCUT2D eigenvalue weighted by Crippen LogP contribution is 2.31. The minimum Gasteiger partial charge on any atom is -0.324 e. The lowest BCUT2D eigenvalue weighted by Gasteiger charge is -2.40. The van der Waals surface area contributed by atoms with Gasteiger partial charge in [0.1, 0.15) is 23.3 Å². The summed E-state index contributed by atoms with van der Waals surface area (Å²) in [7, 11) is -3.84. The predicted octanol–water partition coefficient (Wildman–Crippen LogP) is 5.78. The molecular weight excluding hydrogens is 608 g/mol. The van der Waals surface area contributed by atoms with Crippen molar-refractivity contribution >= 4 is 21.6 Å². The first kappa shape index (κ1) is 32.3. The maximum absolute atomic E-state index is 15.2. The predicted molar refractivity (Wildman–Crippen MR) is 162 cm³/mol. The van der Waals surface area contributed by atoms with E-state index in [1.807, 2.05) is 0 Å². The van der Waals surface area contributed by atoms with Crippen LogP contribution in [0.4, 0.5) is 23.2 Å². The molecule has 1 aliphatic rings. The average Bonchev–Trinajstić information content (AvgIpc) is 3.00. The van der Waals surface area contributed by atoms with Crippen LogP contribution in [0.1, 0.15) is 42.4 Å². The summed E-state index contributed by atoms with van der Waals surface area (Å²) in [6.07, 6.45) is 2.35. The van der Waals surface area contributed by atoms with Gasteiger partial charge in [-0.2, -0.15) is 4.31 Å². The third-order valence-electron chi connectivity index (χ3n) is 7.89. The number of pyridine rings is 1. The lowest BCUT2D eigenvalue weighted by molar-refractivity contribution is -0.116. The summed E-state index contributed by atoms with van der Waals surface area (Å²) in [5.41, 5.74) is 0.861. The van der Waals surface area contributed by atoms with Crippen molar-refractivity contribution in [3.05, 3.63) is 125 Å². The molecule has 45 heavy (non-hydrogen) atoms. The molecule has 0 aliphatic carbocycles. The standard InChI is InChI=1S/C33H32F4N4O3S/c1-21-17-38-18-27(41(21)45(43,44)28-5-3-2-4-6-28)11-12-29-31(37)19-39-20-32(29)40-33(42)16-30(22-7-9-24(34)10-8-22)23-13-25(35)15-26(36)14-23/h2-10,13-15,19-21,27,30,38H,11-12,16-18H2,1H3,(H,40,42). The SMILES string of the molecule is CC1CNCC(CCc2c(F)cncc2NC(=O)CC(c2ccc(F)cc2)c2cc(F)cc(F)c2)N1S(=O)(=O)c1ccccc1. The van der Waals surface area contributed by atoms with Crippen LogP contribution in [0, 0.1) is 23.3 Å². The molecule has 3 unspecified atom stereocenters. The molecule has 0 radical (unpaired) electrons. The Morgan fingerprint density at radius 2 is 1.62 bits per heavy atom. The number of rotatable bonds is 10. The van der Waals surface area contributed by atoms with Crippen molar-refractivity contribution in [2.45, 2.75) is 49.1 Å². The van der Waals surface area contributed by atoms with Crippen LogP contribution < -0.4 is 10.6 Å². The van der Waals surface area contributed by atoms with Crippen molar-refractivity contribution in [3.63, 3.8) is 0 Å². The Balaban J connectivity index is 1.36. The quantitative estimate of drug-likeness (QED) is 0.215. The largest absolute Gasteiger partial charge is 0.324 e. The number of anilines is 1. The number of carbonyl (C=O) groups excluding carboxylic acids is 1. The van der Waals surface area contributed by atoms with Crippen LogP contribution in [0.15, 0.2) is 90.1 Å². The fourth-order valence-electron chi connectivity index (χ4n) is 5.80. The third-order valence-corrected chi connectivity index (χ3v) is 9.97. The minimum absolute atomic E-state index is 0.0837. The van der Waals surface area contributed by atoms with Crippen LogP contribution in [-0.2, 0) is 21.2 Å². The van der Waals surface area contributed by atoms with Gasteiger partial charge in [0.2, 0.25) is 15.9 Å². The Morgan fingerprint density at radius 1 is 0.933 bits per heavy atom. The topological polar surface area (TPSA) is 91.4 Å². The van der Waals surface area contributed by atoms with Gasteiger partial charge in [-0.05, 0) is 67.3 Å². The molecule has 2 N–H and O–H groups in total. The zero-order valence-corrected chi connectivity index (χ0v) is 25.2. The molecule has 12 heteroatoms. The van der Waals surface area contributed by atoms with E-state index < -0.39 is 51.2 Å². The molecule has 3 aromatic carbocycles. The van der Waals surface area contributed by atoms with Crippen molar-refractivity contribution in [2.24, 2.45) is 0 Å². The summed E-state index contributed by atoms with van der Waals surface area (Å²) in [5.74, 6) is -4.28. The summed E-state index contributed by atoms with van der Waals surface area (Å²) in [6.45, 7) is 2.62. The van der Waals surface area contributed by atoms with Crippen LogP contribution in [0.25, 0.3) is 0 Å². The molecule has 5 rings (SSSR count). The van der Waals surface area contributed by atoms with E-state index in [2.05, 4.69) is 15.6 Å². The summed E-state index contributed by atoms with van der Waals surface area (Å²) >= 11 is 0. The number of hydrogen-bond donors (Lipinski definition) is 2. The van der Waals surface area contributed by atoms with Gasteiger partial charge in [-0.1, -0.05) is 30.3 Å². The number of amides is 1. The Hall–Kier alpha value is -4.13. The van der Waals surface area contributed by atoms with E-state index in [0.717, 1.165) is 18.3 Å². The summed E-state index contributed by atoms with van der Waals surface area (Å²) in [6, 6.07) is 15.4. The second-order valence-corrected chi connectivity index (χ2v) is 12.9. The van der Waals surface area contributed by atoms with Crippen molar-refractivity contribution < 1.29 is 30.8 Å². The number of carbonyl (C=O) groups is 1. The molecule has 0 spiro atoms. The van der Waals surface area contributed by atoms with Gasteiger partial charge in [0.05, 0.1) is 23.0 Å². The fraction of sp³-hybridized carbons (Fsp3) is 0.273. The van der Waals surface area contributed by atoms with Crippen LogP contribution in [-0.4, -0.2) is 48.8 Å². The fourth-order valence-corrected chi connectivity index (χ4v) is 7.66. The molecule has 1 aliphatic heterocycles. The van der Waals surface area contributed by atoms with Gasteiger partial charge >= 0.3 is 0 Å². The molecular formula is C33H32F4N4O3S. The normalized spacial score (nSPS) is 18.0. The zero-order valence-electron chi connectivity index (χ0n) is 24.4. The van der Waals surface area contributed by atoms with E-state index in [9.17, 15) is 26.4 Å². The van der Waals surface area contributed by atoms with Gasteiger partial charge in [0.25, 0.3) is 0 Å². The van der Waals surface area contributed by atoms with Gasteiger partial charge in [0, 0.05) is 49.1 Å². The number of nitrogens with zero attached hydrogens (tertiary/aromatic N) is 2. The number of nitrogens with one attached hydrogen (secondary N) is 2. The second kappa shape index (κ2) is 13.9. The number of hydrogen-bond acceptors (Lipinski definition) is 5. The first-order valence-corrected chi connectivity index (χ1v) is 15.9. The number of sulfonamides is 1. The van der Waals surface area contributed by atoms with Crippen LogP contribution in [0.3, 0.4) is 0 Å². The molecule has 1 aromatic heterocycles. The Bertz CT molecular complexity index is 1740. The van der Waals surface area contributed by atoms with Crippen LogP contribution >= 0.6 is 0 Å². The number of aromatic nitrogens is 1. The first-order chi connectivity index (χ1) is 21.5. The van der Waals surface area contributed by atoms with Crippen molar-refractivity contribution in [3.8, 4) is 0 Å². The molecule has 2 heterocycles. The number of halogens is 4. The van der Waals surface area contributed by atoms with E-state index in [1.54, 1.807) is 25.1 Å². The third kappa shape index (κ3) is 7.58. The van der Waals surface area contributed by atoms with Crippen LogP contribution in [0.5, 0.6) is 0 Å². The Labute approximate surface area is 259 Å². The molecule has 0 saturated carbocycles. The number of benzene rings is 3.